The number of aromatic nitrogens is 2. The van der Waals surface area contributed by atoms with Gasteiger partial charge >= 0.3 is 0 Å². The summed E-state index contributed by atoms with van der Waals surface area (Å²) in [6.07, 6.45) is 1.82. The van der Waals surface area contributed by atoms with Crippen molar-refractivity contribution in [1.29, 1.82) is 0 Å². The van der Waals surface area contributed by atoms with Crippen molar-refractivity contribution in [3.8, 4) is 5.75 Å². The molecule has 1 aromatic carbocycles. The van der Waals surface area contributed by atoms with Gasteiger partial charge in [-0.15, -0.1) is 0 Å². The van der Waals surface area contributed by atoms with Crippen molar-refractivity contribution in [2.24, 2.45) is 0 Å². The highest BCUT2D eigenvalue weighted by atomic mass is 79.9. The predicted octanol–water partition coefficient (Wildman–Crippen LogP) is 4.71. The molecular formula is C13H19BrN2OSi. The van der Waals surface area contributed by atoms with Crippen LogP contribution in [0.25, 0.3) is 10.9 Å². The average molecular weight is 327 g/mol. The zero-order chi connectivity index (χ0) is 13.6. The minimum atomic E-state index is -1.80. The van der Waals surface area contributed by atoms with Gasteiger partial charge < -0.3 is 4.43 Å². The third-order valence-electron chi connectivity index (χ3n) is 3.66. The van der Waals surface area contributed by atoms with Gasteiger partial charge in [0.2, 0.25) is 0 Å². The molecule has 1 aromatic heterocycles. The second-order valence-corrected chi connectivity index (χ2v) is 11.7. The molecule has 2 aromatic rings. The number of aromatic amines is 1. The Labute approximate surface area is 117 Å². The van der Waals surface area contributed by atoms with E-state index in [1.165, 1.54) is 0 Å². The lowest BCUT2D eigenvalue weighted by Crippen LogP contribution is -2.43. The van der Waals surface area contributed by atoms with Gasteiger partial charge in [-0.1, -0.05) is 20.8 Å². The molecule has 18 heavy (non-hydrogen) atoms. The van der Waals surface area contributed by atoms with Crippen molar-refractivity contribution >= 4 is 35.2 Å². The monoisotopic (exact) mass is 326 g/mol. The van der Waals surface area contributed by atoms with E-state index in [0.717, 1.165) is 21.1 Å². The van der Waals surface area contributed by atoms with Gasteiger partial charge in [0.1, 0.15) is 5.75 Å². The van der Waals surface area contributed by atoms with Gasteiger partial charge in [0, 0.05) is 5.39 Å². The molecule has 0 bridgehead atoms. The third-order valence-corrected chi connectivity index (χ3v) is 8.63. The van der Waals surface area contributed by atoms with Crippen molar-refractivity contribution < 1.29 is 4.43 Å². The van der Waals surface area contributed by atoms with Crippen LogP contribution in [-0.4, -0.2) is 18.5 Å². The lowest BCUT2D eigenvalue weighted by atomic mass is 10.2. The Morgan fingerprint density at radius 3 is 2.56 bits per heavy atom. The molecule has 0 fully saturated rings. The van der Waals surface area contributed by atoms with Crippen molar-refractivity contribution in [3.05, 3.63) is 22.8 Å². The first-order valence-electron chi connectivity index (χ1n) is 6.02. The Morgan fingerprint density at radius 2 is 1.94 bits per heavy atom. The highest BCUT2D eigenvalue weighted by Gasteiger charge is 2.39. The molecule has 0 aliphatic rings. The van der Waals surface area contributed by atoms with Gasteiger partial charge in [-0.2, -0.15) is 5.10 Å². The summed E-state index contributed by atoms with van der Waals surface area (Å²) >= 11 is 3.57. The Kier molecular flexibility index (Phi) is 3.31. The molecule has 0 amide bonds. The fourth-order valence-electron chi connectivity index (χ4n) is 1.45. The molecule has 1 heterocycles. The normalized spacial score (nSPS) is 13.0. The van der Waals surface area contributed by atoms with E-state index >= 15 is 0 Å². The number of halogens is 1. The maximum absolute atomic E-state index is 6.32. The third kappa shape index (κ3) is 2.47. The van der Waals surface area contributed by atoms with Gasteiger partial charge in [-0.05, 0) is 46.2 Å². The van der Waals surface area contributed by atoms with Crippen LogP contribution in [0.2, 0.25) is 18.1 Å². The fraction of sp³-hybridized carbons (Fsp3) is 0.462. The maximum Gasteiger partial charge on any atom is 0.250 e. The molecule has 0 saturated carbocycles. The number of hydrogen-bond acceptors (Lipinski definition) is 2. The number of H-pyrrole nitrogens is 1. The van der Waals surface area contributed by atoms with Crippen molar-refractivity contribution in [2.75, 3.05) is 0 Å². The Hall–Kier alpha value is -0.813. The minimum absolute atomic E-state index is 0.192. The Balaban J connectivity index is 2.40. The number of nitrogens with one attached hydrogen (secondary N) is 1. The molecule has 3 nitrogen and oxygen atoms in total. The number of fused-ring (bicyclic) bond motifs is 1. The van der Waals surface area contributed by atoms with Gasteiger partial charge in [-0.3, -0.25) is 5.10 Å². The van der Waals surface area contributed by atoms with E-state index in [9.17, 15) is 0 Å². The summed E-state index contributed by atoms with van der Waals surface area (Å²) in [7, 11) is -1.80. The first kappa shape index (κ1) is 13.6. The first-order chi connectivity index (χ1) is 8.21. The van der Waals surface area contributed by atoms with Crippen LogP contribution < -0.4 is 4.43 Å². The van der Waals surface area contributed by atoms with Crippen molar-refractivity contribution in [2.45, 2.75) is 38.9 Å². The zero-order valence-corrected chi connectivity index (χ0v) is 14.1. The highest BCUT2D eigenvalue weighted by Crippen LogP contribution is 2.40. The second-order valence-electron chi connectivity index (χ2n) is 6.10. The molecule has 0 aliphatic heterocycles. The zero-order valence-electron chi connectivity index (χ0n) is 11.5. The molecular weight excluding hydrogens is 308 g/mol. The summed E-state index contributed by atoms with van der Waals surface area (Å²) in [4.78, 5) is 0. The van der Waals surface area contributed by atoms with E-state index in [4.69, 9.17) is 4.43 Å². The molecule has 98 valence electrons. The Morgan fingerprint density at radius 1 is 1.28 bits per heavy atom. The molecule has 0 saturated heterocycles. The second kappa shape index (κ2) is 4.38. The first-order valence-corrected chi connectivity index (χ1v) is 9.72. The molecule has 0 spiro atoms. The SMILES string of the molecule is CC(C)(C)[Si](C)(C)Oc1cc2cn[nH]c2cc1Br. The fourth-order valence-corrected chi connectivity index (χ4v) is 3.05. The summed E-state index contributed by atoms with van der Waals surface area (Å²) in [5, 5.41) is 8.26. The molecule has 0 aliphatic carbocycles. The predicted molar refractivity (Wildman–Crippen MR) is 81.6 cm³/mol. The van der Waals surface area contributed by atoms with Crippen LogP contribution in [0.3, 0.4) is 0 Å². The average Bonchev–Trinajstić information content (AvgIpc) is 2.63. The number of nitrogens with zero attached hydrogens (tertiary/aromatic N) is 1. The molecule has 0 unspecified atom stereocenters. The summed E-state index contributed by atoms with van der Waals surface area (Å²) in [6.45, 7) is 11.2. The van der Waals surface area contributed by atoms with Crippen LogP contribution >= 0.6 is 15.9 Å². The van der Waals surface area contributed by atoms with E-state index in [1.807, 2.05) is 18.3 Å². The summed E-state index contributed by atoms with van der Waals surface area (Å²) in [5.41, 5.74) is 1.02. The van der Waals surface area contributed by atoms with Gasteiger partial charge in [0.15, 0.2) is 0 Å². The van der Waals surface area contributed by atoms with Crippen LogP contribution in [0, 0.1) is 0 Å². The van der Waals surface area contributed by atoms with Crippen LogP contribution in [0.4, 0.5) is 0 Å². The maximum atomic E-state index is 6.32. The van der Waals surface area contributed by atoms with Crippen LogP contribution in [0.15, 0.2) is 22.8 Å². The van der Waals surface area contributed by atoms with E-state index in [-0.39, 0.29) is 5.04 Å². The van der Waals surface area contributed by atoms with Gasteiger partial charge in [-0.25, -0.2) is 0 Å². The quantitative estimate of drug-likeness (QED) is 0.811. The number of rotatable bonds is 2. The van der Waals surface area contributed by atoms with E-state index in [0.29, 0.717) is 0 Å². The molecule has 0 radical (unpaired) electrons. The summed E-state index contributed by atoms with van der Waals surface area (Å²) in [6, 6.07) is 4.06. The lowest BCUT2D eigenvalue weighted by Gasteiger charge is -2.36. The molecule has 5 heteroatoms. The van der Waals surface area contributed by atoms with Gasteiger partial charge in [0.25, 0.3) is 8.32 Å². The van der Waals surface area contributed by atoms with Crippen molar-refractivity contribution in [3.63, 3.8) is 0 Å². The standard InChI is InChI=1S/C13H19BrN2OSi/c1-13(2,3)18(4,5)17-12-6-9-8-15-16-11(9)7-10(12)14/h6-8H,1-5H3,(H,15,16). The smallest absolute Gasteiger partial charge is 0.250 e. The topological polar surface area (TPSA) is 37.9 Å². The summed E-state index contributed by atoms with van der Waals surface area (Å²) in [5.74, 6) is 0.912. The van der Waals surface area contributed by atoms with E-state index in [2.05, 4.69) is 60.0 Å². The van der Waals surface area contributed by atoms with Crippen LogP contribution in [0.5, 0.6) is 5.75 Å². The molecule has 0 atom stereocenters. The van der Waals surface area contributed by atoms with Crippen LogP contribution in [-0.2, 0) is 0 Å². The minimum Gasteiger partial charge on any atom is -0.543 e. The lowest BCUT2D eigenvalue weighted by molar-refractivity contribution is 0.490. The van der Waals surface area contributed by atoms with Crippen LogP contribution in [0.1, 0.15) is 20.8 Å². The summed E-state index contributed by atoms with van der Waals surface area (Å²) < 4.78 is 7.30. The molecule has 1 N–H and O–H groups in total. The van der Waals surface area contributed by atoms with E-state index in [1.54, 1.807) is 0 Å². The largest absolute Gasteiger partial charge is 0.543 e. The van der Waals surface area contributed by atoms with Crippen molar-refractivity contribution in [1.82, 2.24) is 10.2 Å². The van der Waals surface area contributed by atoms with Gasteiger partial charge in [0.05, 0.1) is 16.2 Å². The van der Waals surface area contributed by atoms with E-state index < -0.39 is 8.32 Å². The highest BCUT2D eigenvalue weighted by molar-refractivity contribution is 9.10. The number of hydrogen-bond donors (Lipinski definition) is 1. The molecule has 2 rings (SSSR count). The number of benzene rings is 1. The Bertz CT molecular complexity index is 572.